The normalized spacial score (nSPS) is 11.2. The Hall–Kier alpha value is -1.43. The summed E-state index contributed by atoms with van der Waals surface area (Å²) in [6, 6.07) is 4.63. The van der Waals surface area contributed by atoms with E-state index in [9.17, 15) is 14.0 Å². The third-order valence-electron chi connectivity index (χ3n) is 3.15. The van der Waals surface area contributed by atoms with E-state index in [0.717, 1.165) is 4.47 Å². The quantitative estimate of drug-likeness (QED) is 0.862. The molecule has 0 bridgehead atoms. The van der Waals surface area contributed by atoms with Gasteiger partial charge < -0.3 is 10.2 Å². The van der Waals surface area contributed by atoms with Crippen molar-refractivity contribution >= 4 is 27.7 Å². The Morgan fingerprint density at radius 3 is 2.55 bits per heavy atom. The molecule has 0 aromatic heterocycles. The van der Waals surface area contributed by atoms with Crippen molar-refractivity contribution in [1.29, 1.82) is 0 Å². The second-order valence-electron chi connectivity index (χ2n) is 6.24. The summed E-state index contributed by atoms with van der Waals surface area (Å²) >= 11 is 3.28. The smallest absolute Gasteiger partial charge is 0.225 e. The molecule has 0 saturated heterocycles. The average Bonchev–Trinajstić information content (AvgIpc) is 2.41. The highest BCUT2D eigenvalue weighted by molar-refractivity contribution is 9.10. The topological polar surface area (TPSA) is 49.4 Å². The van der Waals surface area contributed by atoms with Crippen molar-refractivity contribution in [3.8, 4) is 0 Å². The summed E-state index contributed by atoms with van der Waals surface area (Å²) < 4.78 is 14.4. The molecule has 0 fully saturated rings. The Morgan fingerprint density at radius 2 is 1.95 bits per heavy atom. The molecule has 1 rings (SSSR count). The molecule has 0 spiro atoms. The summed E-state index contributed by atoms with van der Waals surface area (Å²) in [4.78, 5) is 25.2. The first-order valence-corrected chi connectivity index (χ1v) is 7.86. The van der Waals surface area contributed by atoms with Gasteiger partial charge in [-0.3, -0.25) is 9.59 Å². The molecule has 1 aromatic rings. The molecule has 2 amide bonds. The number of hydrogen-bond acceptors (Lipinski definition) is 2. The minimum atomic E-state index is -0.478. The largest absolute Gasteiger partial charge is 0.355 e. The minimum absolute atomic E-state index is 0.0963. The van der Waals surface area contributed by atoms with Gasteiger partial charge in [-0.15, -0.1) is 0 Å². The van der Waals surface area contributed by atoms with Crippen molar-refractivity contribution in [3.05, 3.63) is 34.1 Å². The van der Waals surface area contributed by atoms with Crippen molar-refractivity contribution < 1.29 is 14.0 Å². The highest BCUT2D eigenvalue weighted by atomic mass is 79.9. The molecule has 6 heteroatoms. The summed E-state index contributed by atoms with van der Waals surface area (Å²) in [5, 5.41) is 2.72. The maximum absolute atomic E-state index is 13.7. The van der Waals surface area contributed by atoms with Gasteiger partial charge in [0, 0.05) is 42.0 Å². The number of rotatable bonds is 5. The van der Waals surface area contributed by atoms with Gasteiger partial charge in [-0.2, -0.15) is 0 Å². The number of benzene rings is 1. The number of hydrogen-bond donors (Lipinski definition) is 1. The molecule has 122 valence electrons. The molecule has 0 heterocycles. The lowest BCUT2D eigenvalue weighted by atomic mass is 9.96. The van der Waals surface area contributed by atoms with Gasteiger partial charge in [0.25, 0.3) is 0 Å². The zero-order valence-electron chi connectivity index (χ0n) is 13.4. The van der Waals surface area contributed by atoms with Crippen molar-refractivity contribution in [2.45, 2.75) is 33.7 Å². The molecule has 22 heavy (non-hydrogen) atoms. The van der Waals surface area contributed by atoms with Crippen molar-refractivity contribution in [3.63, 3.8) is 0 Å². The third kappa shape index (κ3) is 5.75. The van der Waals surface area contributed by atoms with Crippen LogP contribution in [0.15, 0.2) is 22.7 Å². The van der Waals surface area contributed by atoms with Gasteiger partial charge in [-0.25, -0.2) is 4.39 Å². The van der Waals surface area contributed by atoms with Crippen LogP contribution in [0.1, 0.15) is 32.8 Å². The average molecular weight is 373 g/mol. The molecule has 0 saturated carbocycles. The monoisotopic (exact) mass is 372 g/mol. The first-order valence-electron chi connectivity index (χ1n) is 7.07. The van der Waals surface area contributed by atoms with Crippen LogP contribution in [0.3, 0.4) is 0 Å². The Bertz CT molecular complexity index is 556. The molecule has 4 nitrogen and oxygen atoms in total. The van der Waals surface area contributed by atoms with Crippen molar-refractivity contribution in [2.24, 2.45) is 5.41 Å². The lowest BCUT2D eigenvalue weighted by Crippen LogP contribution is -2.37. The molecule has 0 unspecified atom stereocenters. The standard InChI is InChI=1S/C16H22BrFN2O2/c1-16(2,3)15(22)19-8-7-14(21)20(4)10-11-9-12(17)5-6-13(11)18/h5-6,9H,7-8,10H2,1-4H3,(H,19,22). The minimum Gasteiger partial charge on any atom is -0.355 e. The molecule has 1 N–H and O–H groups in total. The van der Waals surface area contributed by atoms with Crippen LogP contribution in [0.25, 0.3) is 0 Å². The predicted molar refractivity (Wildman–Crippen MR) is 87.7 cm³/mol. The van der Waals surface area contributed by atoms with E-state index in [4.69, 9.17) is 0 Å². The second-order valence-corrected chi connectivity index (χ2v) is 7.16. The Kier molecular flexibility index (Phi) is 6.53. The van der Waals surface area contributed by atoms with E-state index >= 15 is 0 Å². The number of nitrogens with one attached hydrogen (secondary N) is 1. The highest BCUT2D eigenvalue weighted by Gasteiger charge is 2.21. The number of carbonyl (C=O) groups excluding carboxylic acids is 2. The molecule has 0 aliphatic carbocycles. The van der Waals surface area contributed by atoms with Gasteiger partial charge in [-0.1, -0.05) is 36.7 Å². The van der Waals surface area contributed by atoms with E-state index < -0.39 is 5.41 Å². The van der Waals surface area contributed by atoms with Crippen LogP contribution in [-0.2, 0) is 16.1 Å². The Morgan fingerprint density at radius 1 is 1.32 bits per heavy atom. The van der Waals surface area contributed by atoms with E-state index in [-0.39, 0.29) is 37.1 Å². The number of nitrogens with zero attached hydrogens (tertiary/aromatic N) is 1. The predicted octanol–water partition coefficient (Wildman–Crippen LogP) is 3.10. The van der Waals surface area contributed by atoms with Crippen LogP contribution < -0.4 is 5.32 Å². The molecular weight excluding hydrogens is 351 g/mol. The number of carbonyl (C=O) groups is 2. The first kappa shape index (κ1) is 18.6. The summed E-state index contributed by atoms with van der Waals surface area (Å²) in [6.45, 7) is 5.91. The number of amides is 2. The van der Waals surface area contributed by atoms with Crippen LogP contribution in [0.4, 0.5) is 4.39 Å². The highest BCUT2D eigenvalue weighted by Crippen LogP contribution is 2.17. The Balaban J connectivity index is 2.49. The zero-order valence-corrected chi connectivity index (χ0v) is 15.0. The lowest BCUT2D eigenvalue weighted by molar-refractivity contribution is -0.131. The fourth-order valence-electron chi connectivity index (χ4n) is 1.75. The maximum atomic E-state index is 13.7. The molecule has 0 aliphatic rings. The molecule has 0 atom stereocenters. The van der Waals surface area contributed by atoms with E-state index in [2.05, 4.69) is 21.2 Å². The lowest BCUT2D eigenvalue weighted by Gasteiger charge is -2.20. The van der Waals surface area contributed by atoms with E-state index in [1.165, 1.54) is 11.0 Å². The molecular formula is C16H22BrFN2O2. The first-order chi connectivity index (χ1) is 10.1. The number of halogens is 2. The van der Waals surface area contributed by atoms with Crippen LogP contribution in [0.2, 0.25) is 0 Å². The van der Waals surface area contributed by atoms with Gasteiger partial charge in [0.05, 0.1) is 0 Å². The maximum Gasteiger partial charge on any atom is 0.225 e. The third-order valence-corrected chi connectivity index (χ3v) is 3.64. The van der Waals surface area contributed by atoms with Crippen molar-refractivity contribution in [1.82, 2.24) is 10.2 Å². The summed E-state index contributed by atoms with van der Waals surface area (Å²) in [6.07, 6.45) is 0.188. The Labute approximate surface area is 139 Å². The van der Waals surface area contributed by atoms with Gasteiger partial charge >= 0.3 is 0 Å². The van der Waals surface area contributed by atoms with Crippen LogP contribution >= 0.6 is 15.9 Å². The van der Waals surface area contributed by atoms with Crippen LogP contribution in [0.5, 0.6) is 0 Å². The fraction of sp³-hybridized carbons (Fsp3) is 0.500. The van der Waals surface area contributed by atoms with Gasteiger partial charge in [0.2, 0.25) is 11.8 Å². The fourth-order valence-corrected chi connectivity index (χ4v) is 2.16. The summed E-state index contributed by atoms with van der Waals surface area (Å²) in [7, 11) is 1.62. The second kappa shape index (κ2) is 7.72. The van der Waals surface area contributed by atoms with Crippen LogP contribution in [0, 0.1) is 11.2 Å². The molecule has 0 radical (unpaired) electrons. The summed E-state index contributed by atoms with van der Waals surface area (Å²) in [5.41, 5.74) is -0.0297. The molecule has 0 aliphatic heterocycles. The zero-order chi connectivity index (χ0) is 16.9. The van der Waals surface area contributed by atoms with Gasteiger partial charge in [0.15, 0.2) is 0 Å². The van der Waals surface area contributed by atoms with Crippen LogP contribution in [-0.4, -0.2) is 30.3 Å². The SMILES string of the molecule is CN(Cc1cc(Br)ccc1F)C(=O)CCNC(=O)C(C)(C)C. The van der Waals surface area contributed by atoms with Gasteiger partial charge in [0.1, 0.15) is 5.82 Å². The van der Waals surface area contributed by atoms with E-state index in [1.54, 1.807) is 19.2 Å². The molecule has 1 aromatic carbocycles. The van der Waals surface area contributed by atoms with Gasteiger partial charge in [-0.05, 0) is 18.2 Å². The van der Waals surface area contributed by atoms with E-state index in [0.29, 0.717) is 5.56 Å². The van der Waals surface area contributed by atoms with Crippen molar-refractivity contribution in [2.75, 3.05) is 13.6 Å². The van der Waals surface area contributed by atoms with E-state index in [1.807, 2.05) is 20.8 Å². The summed E-state index contributed by atoms with van der Waals surface area (Å²) in [5.74, 6) is -0.585.